The van der Waals surface area contributed by atoms with Crippen LogP contribution in [0.5, 0.6) is 0 Å². The van der Waals surface area contributed by atoms with Gasteiger partial charge in [0.1, 0.15) is 0 Å². The van der Waals surface area contributed by atoms with Crippen molar-refractivity contribution in [1.29, 1.82) is 0 Å². The van der Waals surface area contributed by atoms with Crippen molar-refractivity contribution in [1.82, 2.24) is 10.6 Å². The average molecular weight is 258 g/mol. The molecule has 1 heterocycles. The van der Waals surface area contributed by atoms with E-state index >= 15 is 0 Å². The molecule has 104 valence electrons. The van der Waals surface area contributed by atoms with E-state index in [-0.39, 0.29) is 18.5 Å². The quantitative estimate of drug-likeness (QED) is 0.524. The number of amides is 1. The summed E-state index contributed by atoms with van der Waals surface area (Å²) in [5, 5.41) is 5.89. The Balaban J connectivity index is 2.31. The molecular formula is C12H22N2O4. The Morgan fingerprint density at radius 3 is 2.78 bits per heavy atom. The number of hydrogen-bond acceptors (Lipinski definition) is 5. The van der Waals surface area contributed by atoms with Crippen LogP contribution >= 0.6 is 0 Å². The molecule has 1 rings (SSSR count). The molecule has 2 N–H and O–H groups in total. The first-order valence-corrected chi connectivity index (χ1v) is 6.43. The zero-order chi connectivity index (χ0) is 13.4. The smallest absolute Gasteiger partial charge is 0.305 e. The molecule has 2 atom stereocenters. The van der Waals surface area contributed by atoms with E-state index in [1.54, 1.807) is 6.92 Å². The van der Waals surface area contributed by atoms with Crippen LogP contribution in [0.2, 0.25) is 0 Å². The van der Waals surface area contributed by atoms with Crippen LogP contribution in [0.4, 0.5) is 0 Å². The van der Waals surface area contributed by atoms with Gasteiger partial charge in [-0.15, -0.1) is 0 Å². The summed E-state index contributed by atoms with van der Waals surface area (Å²) in [5.74, 6) is -0.481. The molecule has 1 aliphatic rings. The lowest BCUT2D eigenvalue weighted by Crippen LogP contribution is -2.48. The molecule has 1 aliphatic heterocycles. The molecule has 0 radical (unpaired) electrons. The van der Waals surface area contributed by atoms with E-state index in [0.29, 0.717) is 6.61 Å². The Morgan fingerprint density at radius 2 is 2.22 bits per heavy atom. The van der Waals surface area contributed by atoms with E-state index in [2.05, 4.69) is 10.6 Å². The third-order valence-corrected chi connectivity index (χ3v) is 2.72. The van der Waals surface area contributed by atoms with Gasteiger partial charge >= 0.3 is 5.97 Å². The number of esters is 1. The highest BCUT2D eigenvalue weighted by atomic mass is 16.7. The number of rotatable bonds is 6. The molecular weight excluding hydrogens is 236 g/mol. The van der Waals surface area contributed by atoms with Crippen LogP contribution in [0, 0.1) is 0 Å². The van der Waals surface area contributed by atoms with Crippen molar-refractivity contribution in [2.75, 3.05) is 19.7 Å². The average Bonchev–Trinajstić information content (AvgIpc) is 2.36. The number of nitrogens with one attached hydrogen (secondary N) is 2. The summed E-state index contributed by atoms with van der Waals surface area (Å²) in [6.45, 7) is 4.61. The largest absolute Gasteiger partial charge is 0.434 e. The zero-order valence-electron chi connectivity index (χ0n) is 11.0. The highest BCUT2D eigenvalue weighted by Gasteiger charge is 2.21. The Hall–Kier alpha value is -1.14. The standard InChI is InChI=1S/C12H22N2O4/c1-3-17-11(18-9(2)15)8-14-12(16)10-6-4-5-7-13-10/h10-11,13H,3-8H2,1-2H3,(H,14,16)/t10-,11+/m0/s1. The second kappa shape index (κ2) is 8.05. The van der Waals surface area contributed by atoms with E-state index in [9.17, 15) is 9.59 Å². The molecule has 18 heavy (non-hydrogen) atoms. The number of carbonyl (C=O) groups is 2. The van der Waals surface area contributed by atoms with Gasteiger partial charge in [0.2, 0.25) is 12.2 Å². The molecule has 1 fully saturated rings. The predicted octanol–water partition coefficient (Wildman–Crippen LogP) is 0.170. The molecule has 1 amide bonds. The predicted molar refractivity (Wildman–Crippen MR) is 65.8 cm³/mol. The minimum absolute atomic E-state index is 0.0634. The molecule has 0 aliphatic carbocycles. The van der Waals surface area contributed by atoms with Crippen molar-refractivity contribution in [3.63, 3.8) is 0 Å². The van der Waals surface area contributed by atoms with Crippen LogP contribution in [0.15, 0.2) is 0 Å². The second-order valence-electron chi connectivity index (χ2n) is 4.24. The first-order valence-electron chi connectivity index (χ1n) is 6.43. The molecule has 0 spiro atoms. The number of hydrogen-bond donors (Lipinski definition) is 2. The van der Waals surface area contributed by atoms with Gasteiger partial charge in [-0.25, -0.2) is 0 Å². The summed E-state index contributed by atoms with van der Waals surface area (Å²) in [7, 11) is 0. The Labute approximate surface area is 107 Å². The summed E-state index contributed by atoms with van der Waals surface area (Å²) in [6.07, 6.45) is 2.31. The van der Waals surface area contributed by atoms with Crippen LogP contribution in [0.25, 0.3) is 0 Å². The van der Waals surface area contributed by atoms with Crippen molar-refractivity contribution in [3.8, 4) is 0 Å². The first-order chi connectivity index (χ1) is 8.63. The lowest BCUT2D eigenvalue weighted by molar-refractivity contribution is -0.175. The van der Waals surface area contributed by atoms with Gasteiger partial charge in [-0.05, 0) is 26.3 Å². The maximum atomic E-state index is 11.8. The van der Waals surface area contributed by atoms with Crippen LogP contribution in [0.3, 0.4) is 0 Å². The van der Waals surface area contributed by atoms with E-state index in [1.807, 2.05) is 0 Å². The molecule has 0 aromatic heterocycles. The maximum Gasteiger partial charge on any atom is 0.305 e. The van der Waals surface area contributed by atoms with Gasteiger partial charge < -0.3 is 20.1 Å². The van der Waals surface area contributed by atoms with Gasteiger partial charge in [-0.3, -0.25) is 9.59 Å². The Bertz CT molecular complexity index is 277. The fourth-order valence-corrected chi connectivity index (χ4v) is 1.89. The molecule has 0 saturated carbocycles. The fraction of sp³-hybridized carbons (Fsp3) is 0.833. The summed E-state index contributed by atoms with van der Waals surface area (Å²) in [6, 6.07) is -0.140. The van der Waals surface area contributed by atoms with Gasteiger partial charge in [0.15, 0.2) is 0 Å². The third-order valence-electron chi connectivity index (χ3n) is 2.72. The zero-order valence-corrected chi connectivity index (χ0v) is 11.0. The van der Waals surface area contributed by atoms with Gasteiger partial charge in [0, 0.05) is 13.5 Å². The minimum atomic E-state index is -0.708. The number of piperidine rings is 1. The molecule has 6 nitrogen and oxygen atoms in total. The monoisotopic (exact) mass is 258 g/mol. The maximum absolute atomic E-state index is 11.8. The van der Waals surface area contributed by atoms with Gasteiger partial charge in [-0.1, -0.05) is 6.42 Å². The summed E-state index contributed by atoms with van der Waals surface area (Å²) < 4.78 is 10.1. The topological polar surface area (TPSA) is 76.7 Å². The normalized spacial score (nSPS) is 21.1. The van der Waals surface area contributed by atoms with Crippen LogP contribution in [-0.4, -0.2) is 43.9 Å². The molecule has 0 bridgehead atoms. The van der Waals surface area contributed by atoms with E-state index in [1.165, 1.54) is 6.92 Å². The van der Waals surface area contributed by atoms with Gasteiger partial charge in [0.05, 0.1) is 12.6 Å². The summed E-state index contributed by atoms with van der Waals surface area (Å²) >= 11 is 0. The first kappa shape index (κ1) is 14.9. The molecule has 1 saturated heterocycles. The van der Waals surface area contributed by atoms with Gasteiger partial charge in [0.25, 0.3) is 0 Å². The molecule has 0 aromatic carbocycles. The molecule has 0 aromatic rings. The Morgan fingerprint density at radius 1 is 1.44 bits per heavy atom. The summed E-state index contributed by atoms with van der Waals surface area (Å²) in [5.41, 5.74) is 0. The Kier molecular flexibility index (Phi) is 6.67. The van der Waals surface area contributed by atoms with Gasteiger partial charge in [-0.2, -0.15) is 0 Å². The highest BCUT2D eigenvalue weighted by molar-refractivity contribution is 5.81. The van der Waals surface area contributed by atoms with Crippen molar-refractivity contribution >= 4 is 11.9 Å². The minimum Gasteiger partial charge on any atom is -0.434 e. The van der Waals surface area contributed by atoms with Crippen LogP contribution in [0.1, 0.15) is 33.1 Å². The number of carbonyl (C=O) groups excluding carboxylic acids is 2. The SMILES string of the molecule is CCO[C@@H](CNC(=O)[C@@H]1CCCCN1)OC(C)=O. The van der Waals surface area contributed by atoms with Crippen LogP contribution < -0.4 is 10.6 Å². The van der Waals surface area contributed by atoms with E-state index < -0.39 is 12.3 Å². The lowest BCUT2D eigenvalue weighted by Gasteiger charge is -2.24. The second-order valence-corrected chi connectivity index (χ2v) is 4.24. The van der Waals surface area contributed by atoms with Crippen molar-refractivity contribution < 1.29 is 19.1 Å². The van der Waals surface area contributed by atoms with Crippen LogP contribution in [-0.2, 0) is 19.1 Å². The van der Waals surface area contributed by atoms with E-state index in [4.69, 9.17) is 9.47 Å². The molecule has 0 unspecified atom stereocenters. The van der Waals surface area contributed by atoms with E-state index in [0.717, 1.165) is 25.8 Å². The third kappa shape index (κ3) is 5.46. The molecule has 6 heteroatoms. The van der Waals surface area contributed by atoms with Crippen molar-refractivity contribution in [3.05, 3.63) is 0 Å². The fourth-order valence-electron chi connectivity index (χ4n) is 1.89. The van der Waals surface area contributed by atoms with Crippen molar-refractivity contribution in [2.45, 2.75) is 45.4 Å². The highest BCUT2D eigenvalue weighted by Crippen LogP contribution is 2.06. The van der Waals surface area contributed by atoms with Crippen molar-refractivity contribution in [2.24, 2.45) is 0 Å². The number of ether oxygens (including phenoxy) is 2. The summed E-state index contributed by atoms with van der Waals surface area (Å²) in [4.78, 5) is 22.7. The lowest BCUT2D eigenvalue weighted by atomic mass is 10.0.